The molecular formula is C25H24F9NO3. The first-order valence-electron chi connectivity index (χ1n) is 11.5. The summed E-state index contributed by atoms with van der Waals surface area (Å²) in [5.74, 6) is -1.42. The lowest BCUT2D eigenvalue weighted by Gasteiger charge is -2.45. The van der Waals surface area contributed by atoms with E-state index in [0.717, 1.165) is 17.9 Å². The van der Waals surface area contributed by atoms with Crippen LogP contribution in [0.3, 0.4) is 0 Å². The lowest BCUT2D eigenvalue weighted by Crippen LogP contribution is -2.48. The number of benzene rings is 2. The number of fused-ring (bicyclic) bond motifs is 1. The van der Waals surface area contributed by atoms with Crippen molar-refractivity contribution in [1.29, 1.82) is 0 Å². The molecule has 210 valence electrons. The van der Waals surface area contributed by atoms with E-state index in [1.807, 2.05) is 0 Å². The predicted octanol–water partition coefficient (Wildman–Crippen LogP) is 7.88. The number of carbonyl (C=O) groups excluding carboxylic acids is 1. The molecule has 1 aliphatic heterocycles. The zero-order valence-electron chi connectivity index (χ0n) is 20.4. The van der Waals surface area contributed by atoms with Crippen molar-refractivity contribution in [2.75, 3.05) is 11.5 Å². The number of carbonyl (C=O) groups is 1. The average molecular weight is 557 g/mol. The third-order valence-electron chi connectivity index (χ3n) is 6.65. The molecule has 0 radical (unpaired) electrons. The number of ether oxygens (including phenoxy) is 1. The summed E-state index contributed by atoms with van der Waals surface area (Å²) in [5.41, 5.74) is -8.18. The van der Waals surface area contributed by atoms with E-state index in [9.17, 15) is 49.4 Å². The number of nitrogens with zero attached hydrogens (tertiary/aromatic N) is 1. The third kappa shape index (κ3) is 5.71. The van der Waals surface area contributed by atoms with Crippen LogP contribution in [0.4, 0.5) is 50.0 Å². The Bertz CT molecular complexity index is 1150. The summed E-state index contributed by atoms with van der Waals surface area (Å²) in [6, 6.07) is 2.12. The maximum Gasteiger partial charge on any atom is 0.416 e. The van der Waals surface area contributed by atoms with E-state index in [2.05, 4.69) is 0 Å². The molecule has 1 aliphatic rings. The second-order valence-electron chi connectivity index (χ2n) is 9.13. The van der Waals surface area contributed by atoms with Crippen LogP contribution in [0.2, 0.25) is 0 Å². The molecule has 1 heterocycles. The predicted molar refractivity (Wildman–Crippen MR) is 118 cm³/mol. The van der Waals surface area contributed by atoms with E-state index in [1.54, 1.807) is 6.92 Å². The topological polar surface area (TPSA) is 49.8 Å². The smallest absolute Gasteiger partial charge is 0.416 e. The van der Waals surface area contributed by atoms with E-state index in [0.29, 0.717) is 24.3 Å². The molecule has 1 N–H and O–H groups in total. The molecule has 2 aromatic carbocycles. The Hall–Kier alpha value is -2.96. The van der Waals surface area contributed by atoms with Gasteiger partial charge in [-0.15, -0.1) is 0 Å². The van der Waals surface area contributed by atoms with Crippen LogP contribution in [0.15, 0.2) is 36.4 Å². The van der Waals surface area contributed by atoms with Gasteiger partial charge in [0.2, 0.25) is 0 Å². The summed E-state index contributed by atoms with van der Waals surface area (Å²) in [7, 11) is 0. The molecular weight excluding hydrogens is 533 g/mol. The molecule has 4 nitrogen and oxygen atoms in total. The summed E-state index contributed by atoms with van der Waals surface area (Å²) in [6.45, 7) is 4.02. The van der Waals surface area contributed by atoms with Gasteiger partial charge in [-0.25, -0.2) is 4.79 Å². The van der Waals surface area contributed by atoms with Gasteiger partial charge in [0.15, 0.2) is 0 Å². The summed E-state index contributed by atoms with van der Waals surface area (Å²) >= 11 is 0. The monoisotopic (exact) mass is 557 g/mol. The highest BCUT2D eigenvalue weighted by molar-refractivity contribution is 5.90. The van der Waals surface area contributed by atoms with Gasteiger partial charge in [-0.3, -0.25) is 4.90 Å². The van der Waals surface area contributed by atoms with Gasteiger partial charge < -0.3 is 9.84 Å². The van der Waals surface area contributed by atoms with Crippen LogP contribution in [-0.2, 0) is 28.9 Å². The van der Waals surface area contributed by atoms with Gasteiger partial charge in [-0.05, 0) is 74.2 Å². The second-order valence-corrected chi connectivity index (χ2v) is 9.13. The first-order valence-corrected chi connectivity index (χ1v) is 11.5. The van der Waals surface area contributed by atoms with Gasteiger partial charge in [0.1, 0.15) is 0 Å². The fourth-order valence-electron chi connectivity index (χ4n) is 4.70. The number of alkyl halides is 9. The number of rotatable bonds is 4. The molecule has 0 fully saturated rings. The molecule has 1 amide bonds. The Kier molecular flexibility index (Phi) is 7.77. The van der Waals surface area contributed by atoms with Gasteiger partial charge in [0.05, 0.1) is 34.6 Å². The van der Waals surface area contributed by atoms with E-state index in [4.69, 9.17) is 4.74 Å². The van der Waals surface area contributed by atoms with Crippen molar-refractivity contribution < 1.29 is 54.2 Å². The highest BCUT2D eigenvalue weighted by Crippen LogP contribution is 2.51. The van der Waals surface area contributed by atoms with Crippen molar-refractivity contribution in [2.24, 2.45) is 0 Å². The molecule has 0 aliphatic carbocycles. The highest BCUT2D eigenvalue weighted by atomic mass is 19.4. The minimum absolute atomic E-state index is 0.0622. The average Bonchev–Trinajstić information content (AvgIpc) is 2.80. The van der Waals surface area contributed by atoms with E-state index < -0.39 is 64.4 Å². The van der Waals surface area contributed by atoms with Gasteiger partial charge >= 0.3 is 24.6 Å². The zero-order chi connectivity index (χ0) is 28.8. The van der Waals surface area contributed by atoms with Crippen LogP contribution in [0.25, 0.3) is 0 Å². The fourth-order valence-corrected chi connectivity index (χ4v) is 4.70. The van der Waals surface area contributed by atoms with Gasteiger partial charge in [-0.1, -0.05) is 6.92 Å². The molecule has 3 rings (SSSR count). The number of halogens is 9. The number of hydrogen-bond acceptors (Lipinski definition) is 3. The standard InChI is InChI=1S/C25H24F9NO3/c1-4-17-12-19(18-11-13(23(26,27)28)6-7-20(18)35(17)21(36)38-5-2)22(3,37)14-8-15(24(29,30)31)10-16(9-14)25(32,33)34/h6-11,17,19,37H,4-5,12H2,1-3H3/t17-,19+,22-/m1/s1. The quantitative estimate of drug-likeness (QED) is 0.389. The molecule has 0 saturated carbocycles. The van der Waals surface area contributed by atoms with Crippen LogP contribution in [0.5, 0.6) is 0 Å². The fraction of sp³-hybridized carbons (Fsp3) is 0.480. The van der Waals surface area contributed by atoms with Gasteiger partial charge in [0, 0.05) is 12.0 Å². The third-order valence-corrected chi connectivity index (χ3v) is 6.65. The van der Waals surface area contributed by atoms with E-state index >= 15 is 0 Å². The molecule has 0 spiro atoms. The van der Waals surface area contributed by atoms with Crippen LogP contribution < -0.4 is 4.90 Å². The maximum atomic E-state index is 13.6. The van der Waals surface area contributed by atoms with Crippen LogP contribution in [0, 0.1) is 0 Å². The van der Waals surface area contributed by atoms with Crippen LogP contribution in [-0.4, -0.2) is 23.8 Å². The molecule has 3 atom stereocenters. The summed E-state index contributed by atoms with van der Waals surface area (Å²) in [5, 5.41) is 11.5. The Labute approximate surface area is 212 Å². The highest BCUT2D eigenvalue weighted by Gasteiger charge is 2.47. The largest absolute Gasteiger partial charge is 0.449 e. The zero-order valence-corrected chi connectivity index (χ0v) is 20.4. The van der Waals surface area contributed by atoms with E-state index in [1.165, 1.54) is 6.92 Å². The molecule has 0 aromatic heterocycles. The lowest BCUT2D eigenvalue weighted by atomic mass is 9.71. The van der Waals surface area contributed by atoms with Crippen molar-refractivity contribution in [3.8, 4) is 0 Å². The molecule has 0 unspecified atom stereocenters. The number of hydrogen-bond donors (Lipinski definition) is 1. The van der Waals surface area contributed by atoms with Crippen LogP contribution in [0.1, 0.15) is 67.3 Å². The molecule has 2 aromatic rings. The molecule has 0 bridgehead atoms. The summed E-state index contributed by atoms with van der Waals surface area (Å²) < 4.78 is 127. The number of anilines is 1. The first-order chi connectivity index (χ1) is 17.3. The molecule has 38 heavy (non-hydrogen) atoms. The van der Waals surface area contributed by atoms with Crippen molar-refractivity contribution in [3.63, 3.8) is 0 Å². The number of amides is 1. The van der Waals surface area contributed by atoms with E-state index in [-0.39, 0.29) is 36.8 Å². The van der Waals surface area contributed by atoms with Crippen LogP contribution >= 0.6 is 0 Å². The Balaban J connectivity index is 2.29. The Morgan fingerprint density at radius 3 is 1.82 bits per heavy atom. The summed E-state index contributed by atoms with van der Waals surface area (Å²) in [6.07, 6.45) is -16.2. The van der Waals surface area contributed by atoms with Crippen molar-refractivity contribution in [2.45, 2.75) is 69.7 Å². The summed E-state index contributed by atoms with van der Waals surface area (Å²) in [4.78, 5) is 13.8. The van der Waals surface area contributed by atoms with Gasteiger partial charge in [-0.2, -0.15) is 39.5 Å². The maximum absolute atomic E-state index is 13.6. The van der Waals surface area contributed by atoms with Crippen molar-refractivity contribution in [1.82, 2.24) is 0 Å². The first kappa shape index (κ1) is 29.6. The SMILES string of the molecule is CCOC(=O)N1c2ccc(C(F)(F)F)cc2[C@@H]([C@](C)(O)c2cc(C(F)(F)F)cc(C(F)(F)F)c2)C[C@H]1CC. The lowest BCUT2D eigenvalue weighted by molar-refractivity contribution is -0.143. The molecule has 0 saturated heterocycles. The molecule has 13 heteroatoms. The number of aliphatic hydroxyl groups is 1. The van der Waals surface area contributed by atoms with Crippen molar-refractivity contribution in [3.05, 3.63) is 64.2 Å². The van der Waals surface area contributed by atoms with Crippen molar-refractivity contribution >= 4 is 11.8 Å². The Morgan fingerprint density at radius 2 is 1.37 bits per heavy atom. The van der Waals surface area contributed by atoms with Gasteiger partial charge in [0.25, 0.3) is 0 Å². The minimum Gasteiger partial charge on any atom is -0.449 e. The second kappa shape index (κ2) is 9.97. The Morgan fingerprint density at radius 1 is 0.868 bits per heavy atom. The normalized spacial score (nSPS) is 20.1. The minimum atomic E-state index is -5.20.